The molecule has 2 nitrogen and oxygen atoms in total. The Balaban J connectivity index is 0.000000146. The number of hydrogen-bond donors (Lipinski definition) is 1. The van der Waals surface area contributed by atoms with Gasteiger partial charge in [0.05, 0.1) is 0 Å². The van der Waals surface area contributed by atoms with Gasteiger partial charge in [0.1, 0.15) is 0 Å². The van der Waals surface area contributed by atoms with Gasteiger partial charge in [-0.25, -0.2) is 0 Å². The van der Waals surface area contributed by atoms with Crippen LogP contribution in [0.5, 0.6) is 0 Å². The van der Waals surface area contributed by atoms with Crippen molar-refractivity contribution in [2.75, 3.05) is 31.6 Å². The van der Waals surface area contributed by atoms with Gasteiger partial charge in [0, 0.05) is 6.04 Å². The minimum atomic E-state index is 0.478. The van der Waals surface area contributed by atoms with Crippen molar-refractivity contribution in [2.24, 2.45) is 5.73 Å². The highest BCUT2D eigenvalue weighted by atomic mass is 32.2. The van der Waals surface area contributed by atoms with Gasteiger partial charge in [0.2, 0.25) is 0 Å². The Morgan fingerprint density at radius 2 is 1.64 bits per heavy atom. The van der Waals surface area contributed by atoms with Crippen LogP contribution < -0.4 is 5.73 Å². The molecule has 0 aromatic carbocycles. The number of nitrogens with two attached hydrogens (primary N) is 1. The molecule has 0 aliphatic carbocycles. The van der Waals surface area contributed by atoms with Gasteiger partial charge in [-0.05, 0) is 57.3 Å². The van der Waals surface area contributed by atoms with E-state index >= 15 is 0 Å². The van der Waals surface area contributed by atoms with E-state index in [-0.39, 0.29) is 0 Å². The van der Waals surface area contributed by atoms with Gasteiger partial charge in [-0.1, -0.05) is 6.42 Å². The second-order valence-corrected chi connectivity index (χ2v) is 5.54. The largest absolute Gasteiger partial charge is 0.328 e. The molecule has 2 aliphatic heterocycles. The van der Waals surface area contributed by atoms with Crippen LogP contribution in [0.25, 0.3) is 0 Å². The van der Waals surface area contributed by atoms with Crippen LogP contribution in [-0.2, 0) is 0 Å². The number of hydrogen-bond acceptors (Lipinski definition) is 3. The van der Waals surface area contributed by atoms with E-state index in [1.807, 2.05) is 0 Å². The molecule has 2 aliphatic rings. The van der Waals surface area contributed by atoms with Crippen molar-refractivity contribution in [3.8, 4) is 0 Å². The molecule has 3 heteroatoms. The van der Waals surface area contributed by atoms with Crippen LogP contribution in [0.1, 0.15) is 32.1 Å². The molecule has 2 rings (SSSR count). The van der Waals surface area contributed by atoms with Crippen LogP contribution in [0, 0.1) is 0 Å². The molecule has 2 heterocycles. The van der Waals surface area contributed by atoms with E-state index in [1.54, 1.807) is 0 Å². The predicted molar refractivity (Wildman–Crippen MR) is 65.9 cm³/mol. The van der Waals surface area contributed by atoms with Gasteiger partial charge in [0.25, 0.3) is 0 Å². The number of nitrogens with zero attached hydrogens (tertiary/aromatic N) is 1. The van der Waals surface area contributed by atoms with Crippen molar-refractivity contribution in [1.29, 1.82) is 0 Å². The number of thioether (sulfide) groups is 1. The predicted octanol–water partition coefficient (Wildman–Crippen LogP) is 1.94. The summed E-state index contributed by atoms with van der Waals surface area (Å²) in [6, 6.07) is 0.478. The molecule has 0 radical (unpaired) electrons. The van der Waals surface area contributed by atoms with Gasteiger partial charge >= 0.3 is 0 Å². The molecule has 2 saturated heterocycles. The first-order chi connectivity index (χ1) is 6.79. The molecule has 0 amide bonds. The van der Waals surface area contributed by atoms with Gasteiger partial charge in [0.15, 0.2) is 0 Å². The Morgan fingerprint density at radius 3 is 1.93 bits per heavy atom. The summed E-state index contributed by atoms with van der Waals surface area (Å²) in [5, 5.41) is 0. The molecule has 0 atom stereocenters. The lowest BCUT2D eigenvalue weighted by Crippen LogP contribution is -2.37. The molecule has 0 unspecified atom stereocenters. The summed E-state index contributed by atoms with van der Waals surface area (Å²) in [5.74, 6) is 2.83. The molecule has 84 valence electrons. The van der Waals surface area contributed by atoms with Crippen LogP contribution in [0.2, 0.25) is 0 Å². The summed E-state index contributed by atoms with van der Waals surface area (Å²) in [6.45, 7) is 2.36. The Morgan fingerprint density at radius 1 is 1.07 bits per heavy atom. The van der Waals surface area contributed by atoms with E-state index in [1.165, 1.54) is 56.7 Å². The number of likely N-dealkylation sites (tertiary alicyclic amines) is 1. The highest BCUT2D eigenvalue weighted by molar-refractivity contribution is 7.99. The number of rotatable bonds is 0. The van der Waals surface area contributed by atoms with Crippen LogP contribution in [0.15, 0.2) is 0 Å². The van der Waals surface area contributed by atoms with Crippen molar-refractivity contribution in [3.05, 3.63) is 0 Å². The van der Waals surface area contributed by atoms with Crippen molar-refractivity contribution >= 4 is 11.8 Å². The first-order valence-electron chi connectivity index (χ1n) is 5.81. The van der Waals surface area contributed by atoms with Crippen molar-refractivity contribution < 1.29 is 0 Å². The molecule has 0 aromatic rings. The summed E-state index contributed by atoms with van der Waals surface area (Å²) in [6.07, 6.45) is 6.76. The molecule has 2 fully saturated rings. The van der Waals surface area contributed by atoms with E-state index in [2.05, 4.69) is 23.7 Å². The Kier molecular flexibility index (Phi) is 6.65. The fourth-order valence-corrected chi connectivity index (χ4v) is 2.74. The summed E-state index contributed by atoms with van der Waals surface area (Å²) >= 11 is 2.09. The van der Waals surface area contributed by atoms with Crippen LogP contribution in [-0.4, -0.2) is 42.6 Å². The maximum atomic E-state index is 5.67. The Labute approximate surface area is 92.6 Å². The minimum absolute atomic E-state index is 0.478. The zero-order valence-electron chi connectivity index (χ0n) is 9.37. The standard InChI is InChI=1S/C6H14N2.C5H10S/c1-8-4-2-6(7)3-5-8;1-2-4-6-5-3-1/h6H,2-5,7H2,1H3;1-5H2. The normalized spacial score (nSPS) is 25.3. The van der Waals surface area contributed by atoms with E-state index in [9.17, 15) is 0 Å². The first-order valence-corrected chi connectivity index (χ1v) is 6.96. The SMILES string of the molecule is C1CCSCC1.CN1CCC(N)CC1. The summed E-state index contributed by atoms with van der Waals surface area (Å²) in [4.78, 5) is 2.32. The first kappa shape index (κ1) is 12.3. The zero-order chi connectivity index (χ0) is 10.2. The van der Waals surface area contributed by atoms with Gasteiger partial charge in [-0.3, -0.25) is 0 Å². The smallest absolute Gasteiger partial charge is 0.00631 e. The molecule has 14 heavy (non-hydrogen) atoms. The summed E-state index contributed by atoms with van der Waals surface area (Å²) in [5.41, 5.74) is 5.67. The van der Waals surface area contributed by atoms with E-state index in [4.69, 9.17) is 5.73 Å². The van der Waals surface area contributed by atoms with Gasteiger partial charge in [-0.15, -0.1) is 0 Å². The van der Waals surface area contributed by atoms with Gasteiger partial charge in [-0.2, -0.15) is 11.8 Å². The summed E-state index contributed by atoms with van der Waals surface area (Å²) in [7, 11) is 2.14. The lowest BCUT2D eigenvalue weighted by Gasteiger charge is -2.25. The second kappa shape index (κ2) is 7.55. The topological polar surface area (TPSA) is 29.3 Å². The fourth-order valence-electron chi connectivity index (χ4n) is 1.72. The van der Waals surface area contributed by atoms with Gasteiger partial charge < -0.3 is 10.6 Å². The second-order valence-electron chi connectivity index (χ2n) is 4.31. The molecule has 0 saturated carbocycles. The third kappa shape index (κ3) is 5.89. The van der Waals surface area contributed by atoms with Crippen molar-refractivity contribution in [2.45, 2.75) is 38.1 Å². The van der Waals surface area contributed by atoms with E-state index in [0.717, 1.165) is 0 Å². The lowest BCUT2D eigenvalue weighted by atomic mass is 10.1. The van der Waals surface area contributed by atoms with E-state index in [0.29, 0.717) is 6.04 Å². The maximum Gasteiger partial charge on any atom is 0.00631 e. The molecular formula is C11H24N2S. The summed E-state index contributed by atoms with van der Waals surface area (Å²) < 4.78 is 0. The van der Waals surface area contributed by atoms with E-state index < -0.39 is 0 Å². The average Bonchev–Trinajstić information content (AvgIpc) is 2.26. The van der Waals surface area contributed by atoms with Crippen LogP contribution >= 0.6 is 11.8 Å². The van der Waals surface area contributed by atoms with Crippen molar-refractivity contribution in [3.63, 3.8) is 0 Å². The molecule has 0 aromatic heterocycles. The quantitative estimate of drug-likeness (QED) is 0.671. The minimum Gasteiger partial charge on any atom is -0.328 e. The van der Waals surface area contributed by atoms with Crippen molar-refractivity contribution in [1.82, 2.24) is 4.90 Å². The fraction of sp³-hybridized carbons (Fsp3) is 1.00. The number of piperidine rings is 1. The van der Waals surface area contributed by atoms with Crippen LogP contribution in [0.4, 0.5) is 0 Å². The highest BCUT2D eigenvalue weighted by Crippen LogP contribution is 2.14. The highest BCUT2D eigenvalue weighted by Gasteiger charge is 2.11. The molecular weight excluding hydrogens is 192 g/mol. The Hall–Kier alpha value is 0.270. The Bertz CT molecular complexity index is 108. The molecule has 0 spiro atoms. The zero-order valence-corrected chi connectivity index (χ0v) is 10.2. The van der Waals surface area contributed by atoms with Crippen LogP contribution in [0.3, 0.4) is 0 Å². The third-order valence-electron chi connectivity index (χ3n) is 2.84. The molecule has 2 N–H and O–H groups in total. The average molecular weight is 216 g/mol. The maximum absolute atomic E-state index is 5.67. The third-order valence-corrected chi connectivity index (χ3v) is 4.00. The molecule has 0 bridgehead atoms. The lowest BCUT2D eigenvalue weighted by molar-refractivity contribution is 0.256. The monoisotopic (exact) mass is 216 g/mol.